The molecule has 1 aliphatic heterocycles. The molecule has 1 fully saturated rings. The van der Waals surface area contributed by atoms with Crippen molar-refractivity contribution in [1.82, 2.24) is 5.32 Å². The van der Waals surface area contributed by atoms with E-state index in [-0.39, 0.29) is 0 Å². The molecule has 0 bridgehead atoms. The number of nitrogens with one attached hydrogen (secondary N) is 1. The molecule has 0 amide bonds. The Bertz CT molecular complexity index is 694. The van der Waals surface area contributed by atoms with E-state index < -0.39 is 24.1 Å². The van der Waals surface area contributed by atoms with Crippen molar-refractivity contribution < 1.29 is 29.3 Å². The monoisotopic (exact) mass is 432 g/mol. The first-order chi connectivity index (χ1) is 14.9. The van der Waals surface area contributed by atoms with Gasteiger partial charge in [-0.15, -0.1) is 0 Å². The summed E-state index contributed by atoms with van der Waals surface area (Å²) in [7, 11) is 2.76. The fourth-order valence-corrected chi connectivity index (χ4v) is 2.89. The van der Waals surface area contributed by atoms with Crippen molar-refractivity contribution in [2.45, 2.75) is 31.1 Å². The Balaban J connectivity index is 0.000000241. The SMILES string of the molecule is CO[C@H](C(=O)O)c1ccccc1.CO[C@H](C(=O)O)c1ccccc1.N[C@H]1CCCNC1. The normalized spacial score (nSPS) is 17.1. The summed E-state index contributed by atoms with van der Waals surface area (Å²) >= 11 is 0. The van der Waals surface area contributed by atoms with Gasteiger partial charge in [0, 0.05) is 26.8 Å². The van der Waals surface area contributed by atoms with Crippen LogP contribution in [0.3, 0.4) is 0 Å². The summed E-state index contributed by atoms with van der Waals surface area (Å²) in [4.78, 5) is 21.2. The maximum Gasteiger partial charge on any atom is 0.337 e. The first-order valence-electron chi connectivity index (χ1n) is 9.98. The van der Waals surface area contributed by atoms with Gasteiger partial charge in [-0.2, -0.15) is 0 Å². The molecule has 2 aromatic rings. The number of hydrogen-bond donors (Lipinski definition) is 4. The van der Waals surface area contributed by atoms with Gasteiger partial charge in [-0.05, 0) is 30.5 Å². The van der Waals surface area contributed by atoms with Crippen LogP contribution in [-0.4, -0.2) is 55.5 Å². The molecular weight excluding hydrogens is 400 g/mol. The Kier molecular flexibility index (Phi) is 12.8. The van der Waals surface area contributed by atoms with Gasteiger partial charge in [0.25, 0.3) is 0 Å². The summed E-state index contributed by atoms with van der Waals surface area (Å²) < 4.78 is 9.60. The van der Waals surface area contributed by atoms with Crippen molar-refractivity contribution >= 4 is 11.9 Å². The molecule has 2 aromatic carbocycles. The standard InChI is InChI=1S/2C9H10O3.C5H12N2/c2*1-12-8(9(10)11)7-5-3-2-4-6-7;6-5-2-1-3-7-4-5/h2*2-6,8H,1H3,(H,10,11);5,7H,1-4,6H2/t2*8-;5-/m000/s1. The summed E-state index contributed by atoms with van der Waals surface area (Å²) in [5, 5.41) is 20.6. The highest BCUT2D eigenvalue weighted by molar-refractivity contribution is 5.74. The van der Waals surface area contributed by atoms with Crippen LogP contribution in [0.25, 0.3) is 0 Å². The highest BCUT2D eigenvalue weighted by atomic mass is 16.5. The fourth-order valence-electron chi connectivity index (χ4n) is 2.89. The van der Waals surface area contributed by atoms with Gasteiger partial charge in [-0.1, -0.05) is 60.7 Å². The van der Waals surface area contributed by atoms with Crippen LogP contribution in [-0.2, 0) is 19.1 Å². The molecule has 1 heterocycles. The molecule has 0 radical (unpaired) electrons. The molecule has 5 N–H and O–H groups in total. The number of ether oxygens (including phenoxy) is 2. The maximum absolute atomic E-state index is 10.6. The van der Waals surface area contributed by atoms with E-state index in [4.69, 9.17) is 25.4 Å². The molecule has 0 spiro atoms. The highest BCUT2D eigenvalue weighted by Gasteiger charge is 2.18. The third kappa shape index (κ3) is 10.2. The smallest absolute Gasteiger partial charge is 0.337 e. The van der Waals surface area contributed by atoms with Gasteiger partial charge in [0.15, 0.2) is 12.2 Å². The van der Waals surface area contributed by atoms with Crippen LogP contribution < -0.4 is 11.1 Å². The minimum absolute atomic E-state index is 0.425. The first-order valence-corrected chi connectivity index (χ1v) is 9.98. The zero-order chi connectivity index (χ0) is 23.1. The lowest BCUT2D eigenvalue weighted by molar-refractivity contribution is -0.149. The van der Waals surface area contributed by atoms with Crippen molar-refractivity contribution in [2.24, 2.45) is 5.73 Å². The van der Waals surface area contributed by atoms with E-state index >= 15 is 0 Å². The van der Waals surface area contributed by atoms with Crippen LogP contribution in [0.2, 0.25) is 0 Å². The van der Waals surface area contributed by atoms with E-state index in [0.717, 1.165) is 13.1 Å². The zero-order valence-corrected chi connectivity index (χ0v) is 17.9. The van der Waals surface area contributed by atoms with Gasteiger partial charge >= 0.3 is 11.9 Å². The van der Waals surface area contributed by atoms with E-state index in [0.29, 0.717) is 17.2 Å². The number of carboxylic acids is 2. The van der Waals surface area contributed by atoms with Crippen LogP contribution in [0.15, 0.2) is 60.7 Å². The molecule has 0 unspecified atom stereocenters. The number of carboxylic acid groups (broad SMARTS) is 2. The van der Waals surface area contributed by atoms with E-state index in [1.54, 1.807) is 48.5 Å². The van der Waals surface area contributed by atoms with Gasteiger partial charge in [-0.25, -0.2) is 9.59 Å². The van der Waals surface area contributed by atoms with Gasteiger partial charge < -0.3 is 30.7 Å². The lowest BCUT2D eigenvalue weighted by atomic mass is 10.1. The number of rotatable bonds is 6. The largest absolute Gasteiger partial charge is 0.479 e. The molecule has 3 atom stereocenters. The van der Waals surface area contributed by atoms with Crippen LogP contribution in [0.4, 0.5) is 0 Å². The third-order valence-corrected chi connectivity index (χ3v) is 4.46. The number of methoxy groups -OCH3 is 2. The average Bonchev–Trinajstić information content (AvgIpc) is 2.77. The lowest BCUT2D eigenvalue weighted by Gasteiger charge is -2.17. The second kappa shape index (κ2) is 15.1. The zero-order valence-electron chi connectivity index (χ0n) is 17.9. The Morgan fingerprint density at radius 1 is 0.903 bits per heavy atom. The van der Waals surface area contributed by atoms with E-state index in [1.807, 2.05) is 12.1 Å². The predicted octanol–water partition coefficient (Wildman–Crippen LogP) is 2.61. The van der Waals surface area contributed by atoms with Crippen LogP contribution in [0, 0.1) is 0 Å². The van der Waals surface area contributed by atoms with Gasteiger partial charge in [0.05, 0.1) is 0 Å². The summed E-state index contributed by atoms with van der Waals surface area (Å²) in [6.07, 6.45) is 0.742. The van der Waals surface area contributed by atoms with Crippen LogP contribution in [0.5, 0.6) is 0 Å². The summed E-state index contributed by atoms with van der Waals surface area (Å²) in [6, 6.07) is 18.1. The van der Waals surface area contributed by atoms with Crippen LogP contribution >= 0.6 is 0 Å². The Morgan fingerprint density at radius 3 is 1.55 bits per heavy atom. The first kappa shape index (κ1) is 26.3. The van der Waals surface area contributed by atoms with Crippen molar-refractivity contribution in [1.29, 1.82) is 0 Å². The third-order valence-electron chi connectivity index (χ3n) is 4.46. The summed E-state index contributed by atoms with van der Waals surface area (Å²) in [6.45, 7) is 2.17. The van der Waals surface area contributed by atoms with Crippen molar-refractivity contribution in [3.8, 4) is 0 Å². The van der Waals surface area contributed by atoms with Gasteiger partial charge in [-0.3, -0.25) is 0 Å². The number of carbonyl (C=O) groups is 2. The molecule has 31 heavy (non-hydrogen) atoms. The molecule has 8 nitrogen and oxygen atoms in total. The molecule has 0 aliphatic carbocycles. The summed E-state index contributed by atoms with van der Waals surface area (Å²) in [5.74, 6) is -1.94. The molecule has 170 valence electrons. The topological polar surface area (TPSA) is 131 Å². The van der Waals surface area contributed by atoms with E-state index in [2.05, 4.69) is 5.32 Å². The maximum atomic E-state index is 10.6. The second-order valence-corrected chi connectivity index (χ2v) is 6.84. The number of nitrogens with two attached hydrogens (primary N) is 1. The highest BCUT2D eigenvalue weighted by Crippen LogP contribution is 2.16. The quantitative estimate of drug-likeness (QED) is 0.548. The van der Waals surface area contributed by atoms with Gasteiger partial charge in [0.1, 0.15) is 0 Å². The van der Waals surface area contributed by atoms with Crippen molar-refractivity contribution in [3.63, 3.8) is 0 Å². The predicted molar refractivity (Wildman–Crippen MR) is 118 cm³/mol. The summed E-state index contributed by atoms with van der Waals surface area (Å²) in [5.41, 5.74) is 6.89. The molecule has 1 saturated heterocycles. The minimum Gasteiger partial charge on any atom is -0.479 e. The van der Waals surface area contributed by atoms with Crippen LogP contribution in [0.1, 0.15) is 36.2 Å². The lowest BCUT2D eigenvalue weighted by Crippen LogP contribution is -2.39. The fraction of sp³-hybridized carbons (Fsp3) is 0.391. The van der Waals surface area contributed by atoms with Crippen molar-refractivity contribution in [2.75, 3.05) is 27.3 Å². The van der Waals surface area contributed by atoms with Crippen molar-refractivity contribution in [3.05, 3.63) is 71.8 Å². The Morgan fingerprint density at radius 2 is 1.32 bits per heavy atom. The number of aliphatic carboxylic acids is 2. The van der Waals surface area contributed by atoms with E-state index in [9.17, 15) is 9.59 Å². The number of piperidine rings is 1. The average molecular weight is 433 g/mol. The number of hydrogen-bond acceptors (Lipinski definition) is 6. The van der Waals surface area contributed by atoms with Gasteiger partial charge in [0.2, 0.25) is 0 Å². The number of benzene rings is 2. The Labute approximate surface area is 183 Å². The minimum atomic E-state index is -0.969. The molecule has 0 aromatic heterocycles. The molecule has 3 rings (SSSR count). The second-order valence-electron chi connectivity index (χ2n) is 6.84. The molecule has 0 saturated carbocycles. The van der Waals surface area contributed by atoms with E-state index in [1.165, 1.54) is 27.1 Å². The molecular formula is C23H32N2O6. The molecule has 1 aliphatic rings. The Hall–Kier alpha value is -2.78. The molecule has 8 heteroatoms.